The minimum Gasteiger partial charge on any atom is -0.379 e. The fraction of sp³-hybridized carbons (Fsp3) is 0.500. The van der Waals surface area contributed by atoms with Crippen molar-refractivity contribution in [3.05, 3.63) is 24.3 Å². The zero-order chi connectivity index (χ0) is 13.1. The van der Waals surface area contributed by atoms with E-state index in [-0.39, 0.29) is 10.4 Å². The highest BCUT2D eigenvalue weighted by Gasteiger charge is 2.21. The van der Waals surface area contributed by atoms with Gasteiger partial charge in [0.25, 0.3) is 10.1 Å². The Balaban J connectivity index is 3.08. The van der Waals surface area contributed by atoms with Crippen LogP contribution in [0.4, 0.5) is 5.69 Å². The van der Waals surface area contributed by atoms with Crippen LogP contribution in [-0.4, -0.2) is 18.5 Å². The third kappa shape index (κ3) is 4.02. The third-order valence-electron chi connectivity index (χ3n) is 2.51. The van der Waals surface area contributed by atoms with Crippen LogP contribution in [0.2, 0.25) is 0 Å². The Hall–Kier alpha value is -1.07. The van der Waals surface area contributed by atoms with Gasteiger partial charge in [-0.25, -0.2) is 0 Å². The summed E-state index contributed by atoms with van der Waals surface area (Å²) in [7, 11) is -4.18. The first kappa shape index (κ1) is 14.0. The molecule has 96 valence electrons. The van der Waals surface area contributed by atoms with Crippen LogP contribution in [0.5, 0.6) is 0 Å². The third-order valence-corrected chi connectivity index (χ3v) is 3.42. The van der Waals surface area contributed by atoms with Crippen molar-refractivity contribution in [1.29, 1.82) is 0 Å². The number of hydrogen-bond donors (Lipinski definition) is 2. The zero-order valence-corrected chi connectivity index (χ0v) is 11.2. The van der Waals surface area contributed by atoms with Gasteiger partial charge in [-0.2, -0.15) is 8.42 Å². The summed E-state index contributed by atoms with van der Waals surface area (Å²) in [5, 5.41) is 3.16. The lowest BCUT2D eigenvalue weighted by atomic mass is 9.98. The first-order valence-electron chi connectivity index (χ1n) is 5.61. The van der Waals surface area contributed by atoms with Crippen LogP contribution >= 0.6 is 0 Å². The number of anilines is 1. The zero-order valence-electron chi connectivity index (χ0n) is 10.4. The highest BCUT2D eigenvalue weighted by atomic mass is 32.2. The summed E-state index contributed by atoms with van der Waals surface area (Å²) in [6.45, 7) is 6.06. The molecule has 17 heavy (non-hydrogen) atoms. The highest BCUT2D eigenvalue weighted by molar-refractivity contribution is 7.86. The van der Waals surface area contributed by atoms with Crippen molar-refractivity contribution >= 4 is 15.8 Å². The first-order chi connectivity index (χ1) is 7.76. The van der Waals surface area contributed by atoms with Gasteiger partial charge in [-0.3, -0.25) is 4.55 Å². The largest absolute Gasteiger partial charge is 0.379 e. The Kier molecular flexibility index (Phi) is 4.16. The van der Waals surface area contributed by atoms with E-state index in [1.54, 1.807) is 18.2 Å². The molecule has 0 unspecified atom stereocenters. The van der Waals surface area contributed by atoms with Crippen molar-refractivity contribution in [2.45, 2.75) is 44.0 Å². The van der Waals surface area contributed by atoms with Crippen LogP contribution in [0.25, 0.3) is 0 Å². The van der Waals surface area contributed by atoms with E-state index in [1.165, 1.54) is 6.07 Å². The molecule has 1 aromatic rings. The molecule has 0 radical (unpaired) electrons. The molecule has 0 aliphatic rings. The van der Waals surface area contributed by atoms with E-state index in [9.17, 15) is 8.42 Å². The molecule has 0 fully saturated rings. The minimum atomic E-state index is -4.18. The van der Waals surface area contributed by atoms with Gasteiger partial charge in [0.1, 0.15) is 4.90 Å². The quantitative estimate of drug-likeness (QED) is 0.796. The molecule has 0 saturated heterocycles. The summed E-state index contributed by atoms with van der Waals surface area (Å²) in [6.07, 6.45) is 1.90. The van der Waals surface area contributed by atoms with Crippen molar-refractivity contribution in [3.8, 4) is 0 Å². The Bertz CT molecular complexity index is 480. The van der Waals surface area contributed by atoms with E-state index >= 15 is 0 Å². The number of nitrogens with one attached hydrogen (secondary N) is 1. The van der Waals surface area contributed by atoms with Gasteiger partial charge in [0, 0.05) is 5.54 Å². The number of para-hydroxylation sites is 1. The standard InChI is InChI=1S/C12H19NO3S/c1-4-9-12(2,3)13-10-7-5-6-8-11(10)17(14,15)16/h5-8,13H,4,9H2,1-3H3,(H,14,15,16). The van der Waals surface area contributed by atoms with Crippen molar-refractivity contribution in [2.24, 2.45) is 0 Å². The summed E-state index contributed by atoms with van der Waals surface area (Å²) in [5.74, 6) is 0. The summed E-state index contributed by atoms with van der Waals surface area (Å²) >= 11 is 0. The van der Waals surface area contributed by atoms with Crippen LogP contribution < -0.4 is 5.32 Å². The van der Waals surface area contributed by atoms with Crippen molar-refractivity contribution < 1.29 is 13.0 Å². The molecule has 0 atom stereocenters. The summed E-state index contributed by atoms with van der Waals surface area (Å²) in [6, 6.07) is 6.36. The van der Waals surface area contributed by atoms with E-state index in [0.29, 0.717) is 5.69 Å². The second-order valence-corrected chi connectivity index (χ2v) is 6.12. The molecule has 0 bridgehead atoms. The number of rotatable bonds is 5. The van der Waals surface area contributed by atoms with Crippen LogP contribution in [0, 0.1) is 0 Å². The molecular formula is C12H19NO3S. The maximum absolute atomic E-state index is 11.2. The highest BCUT2D eigenvalue weighted by Crippen LogP contribution is 2.25. The van der Waals surface area contributed by atoms with Crippen molar-refractivity contribution in [3.63, 3.8) is 0 Å². The van der Waals surface area contributed by atoms with Crippen LogP contribution in [-0.2, 0) is 10.1 Å². The second kappa shape index (κ2) is 5.06. The predicted octanol–water partition coefficient (Wildman–Crippen LogP) is 2.92. The van der Waals surface area contributed by atoms with Gasteiger partial charge in [0.05, 0.1) is 5.69 Å². The fourth-order valence-electron chi connectivity index (χ4n) is 1.85. The molecular weight excluding hydrogens is 238 g/mol. The second-order valence-electron chi connectivity index (χ2n) is 4.73. The Morgan fingerprint density at radius 2 is 1.88 bits per heavy atom. The molecule has 2 N–H and O–H groups in total. The molecule has 0 aromatic heterocycles. The van der Waals surface area contributed by atoms with Gasteiger partial charge in [-0.1, -0.05) is 25.5 Å². The molecule has 0 amide bonds. The van der Waals surface area contributed by atoms with E-state index in [1.807, 2.05) is 13.8 Å². The molecule has 0 aliphatic carbocycles. The maximum Gasteiger partial charge on any atom is 0.296 e. The topological polar surface area (TPSA) is 66.4 Å². The molecule has 4 nitrogen and oxygen atoms in total. The van der Waals surface area contributed by atoms with Gasteiger partial charge in [-0.05, 0) is 32.4 Å². The molecule has 0 aliphatic heterocycles. The normalized spacial score (nSPS) is 12.5. The average molecular weight is 257 g/mol. The van der Waals surface area contributed by atoms with Crippen LogP contribution in [0.15, 0.2) is 29.2 Å². The monoisotopic (exact) mass is 257 g/mol. The lowest BCUT2D eigenvalue weighted by molar-refractivity contribution is 0.481. The molecule has 5 heteroatoms. The Morgan fingerprint density at radius 3 is 2.41 bits per heavy atom. The van der Waals surface area contributed by atoms with E-state index in [2.05, 4.69) is 12.2 Å². The van der Waals surface area contributed by atoms with Crippen LogP contribution in [0.3, 0.4) is 0 Å². The minimum absolute atomic E-state index is 0.0795. The van der Waals surface area contributed by atoms with Crippen molar-refractivity contribution in [2.75, 3.05) is 5.32 Å². The maximum atomic E-state index is 11.2. The van der Waals surface area contributed by atoms with Gasteiger partial charge >= 0.3 is 0 Å². The van der Waals surface area contributed by atoms with E-state index < -0.39 is 10.1 Å². The van der Waals surface area contributed by atoms with E-state index in [0.717, 1.165) is 12.8 Å². The summed E-state index contributed by atoms with van der Waals surface area (Å²) in [5.41, 5.74) is 0.226. The lowest BCUT2D eigenvalue weighted by Crippen LogP contribution is -2.31. The average Bonchev–Trinajstić information content (AvgIpc) is 2.15. The van der Waals surface area contributed by atoms with Crippen molar-refractivity contribution in [1.82, 2.24) is 0 Å². The number of hydrogen-bond acceptors (Lipinski definition) is 3. The molecule has 0 spiro atoms. The first-order valence-corrected chi connectivity index (χ1v) is 7.05. The molecule has 1 aromatic carbocycles. The predicted molar refractivity (Wildman–Crippen MR) is 68.9 cm³/mol. The lowest BCUT2D eigenvalue weighted by Gasteiger charge is -2.28. The van der Waals surface area contributed by atoms with Gasteiger partial charge in [0.2, 0.25) is 0 Å². The fourth-order valence-corrected chi connectivity index (χ4v) is 2.49. The molecule has 0 heterocycles. The SMILES string of the molecule is CCCC(C)(C)Nc1ccccc1S(=O)(=O)O. The van der Waals surface area contributed by atoms with Gasteiger partial charge < -0.3 is 5.32 Å². The summed E-state index contributed by atoms with van der Waals surface area (Å²) in [4.78, 5) is -0.0795. The molecule has 0 saturated carbocycles. The van der Waals surface area contributed by atoms with Gasteiger partial charge in [0.15, 0.2) is 0 Å². The van der Waals surface area contributed by atoms with E-state index in [4.69, 9.17) is 4.55 Å². The van der Waals surface area contributed by atoms with Crippen LogP contribution in [0.1, 0.15) is 33.6 Å². The Labute approximate surface area is 103 Å². The Morgan fingerprint density at radius 1 is 1.29 bits per heavy atom. The summed E-state index contributed by atoms with van der Waals surface area (Å²) < 4.78 is 31.6. The van der Waals surface area contributed by atoms with Gasteiger partial charge in [-0.15, -0.1) is 0 Å². The number of benzene rings is 1. The molecule has 1 rings (SSSR count). The smallest absolute Gasteiger partial charge is 0.296 e.